The number of nitrogens with zero attached hydrogens (tertiary/aromatic N) is 4. The first-order valence-electron chi connectivity index (χ1n) is 12.5. The van der Waals surface area contributed by atoms with E-state index in [4.69, 9.17) is 4.74 Å². The number of halogens is 1. The highest BCUT2D eigenvalue weighted by Gasteiger charge is 2.24. The van der Waals surface area contributed by atoms with Crippen LogP contribution in [0.4, 0.5) is 32.2 Å². The van der Waals surface area contributed by atoms with Crippen LogP contribution in [0.5, 0.6) is 5.75 Å². The summed E-state index contributed by atoms with van der Waals surface area (Å²) in [5.74, 6) is -0.293. The minimum Gasteiger partial charge on any atom is -0.506 e. The Labute approximate surface area is 227 Å². The number of anilines is 4. The fourth-order valence-corrected chi connectivity index (χ4v) is 4.39. The molecule has 3 heterocycles. The highest BCUT2D eigenvalue weighted by molar-refractivity contribution is 5.92. The summed E-state index contributed by atoms with van der Waals surface area (Å²) in [6, 6.07) is 21.8. The van der Waals surface area contributed by atoms with E-state index in [1.165, 1.54) is 23.1 Å². The maximum atomic E-state index is 13.1. The summed E-state index contributed by atoms with van der Waals surface area (Å²) in [5.41, 5.74) is 4.71. The summed E-state index contributed by atoms with van der Waals surface area (Å²) in [6.07, 6.45) is 1.53. The molecule has 0 radical (unpaired) electrons. The number of aromatic hydroxyl groups is 1. The average Bonchev–Trinajstić information content (AvgIpc) is 3.56. The highest BCUT2D eigenvalue weighted by Crippen LogP contribution is 2.32. The second kappa shape index (κ2) is 10.4. The largest absolute Gasteiger partial charge is 0.506 e. The molecule has 3 aromatic carbocycles. The molecule has 0 saturated carbocycles. The number of amides is 2. The van der Waals surface area contributed by atoms with Gasteiger partial charge in [0.1, 0.15) is 18.2 Å². The van der Waals surface area contributed by atoms with Crippen LogP contribution < -0.4 is 15.5 Å². The van der Waals surface area contributed by atoms with Gasteiger partial charge in [0.05, 0.1) is 24.3 Å². The quantitative estimate of drug-likeness (QED) is 0.246. The molecule has 0 atom stereocenters. The Bertz CT molecular complexity index is 1720. The number of phenolic OH excluding ortho intramolecular Hbond substituents is 1. The second-order valence-corrected chi connectivity index (χ2v) is 9.18. The van der Waals surface area contributed by atoms with E-state index in [2.05, 4.69) is 20.7 Å². The number of rotatable bonds is 7. The Morgan fingerprint density at radius 2 is 1.77 bits per heavy atom. The molecule has 1 aliphatic rings. The molecule has 6 rings (SSSR count). The molecule has 1 saturated heterocycles. The van der Waals surface area contributed by atoms with Crippen LogP contribution in [0, 0.1) is 5.82 Å². The van der Waals surface area contributed by atoms with Gasteiger partial charge < -0.3 is 20.5 Å². The van der Waals surface area contributed by atoms with Gasteiger partial charge in [0.25, 0.3) is 0 Å². The van der Waals surface area contributed by atoms with Crippen molar-refractivity contribution in [3.05, 3.63) is 96.4 Å². The van der Waals surface area contributed by atoms with Crippen LogP contribution >= 0.6 is 0 Å². The summed E-state index contributed by atoms with van der Waals surface area (Å²) in [6.45, 7) is 0.739. The van der Waals surface area contributed by atoms with Crippen LogP contribution in [0.3, 0.4) is 0 Å². The molecule has 0 unspecified atom stereocenters. The number of hydrogen-bond acceptors (Lipinski definition) is 7. The topological polar surface area (TPSA) is 121 Å². The second-order valence-electron chi connectivity index (χ2n) is 9.18. The minimum atomic E-state index is -0.445. The summed E-state index contributed by atoms with van der Waals surface area (Å²) >= 11 is 0. The van der Waals surface area contributed by atoms with E-state index in [0.717, 1.165) is 16.7 Å². The average molecular weight is 539 g/mol. The van der Waals surface area contributed by atoms with Gasteiger partial charge in [-0.05, 0) is 59.7 Å². The first-order valence-corrected chi connectivity index (χ1v) is 12.5. The number of hydrogen-bond donors (Lipinski definition) is 3. The van der Waals surface area contributed by atoms with Crippen LogP contribution in [-0.4, -0.2) is 44.9 Å². The van der Waals surface area contributed by atoms with Gasteiger partial charge in [0, 0.05) is 23.5 Å². The van der Waals surface area contributed by atoms with Crippen molar-refractivity contribution < 1.29 is 23.8 Å². The predicted molar refractivity (Wildman–Crippen MR) is 147 cm³/mol. The van der Waals surface area contributed by atoms with Crippen LogP contribution in [0.1, 0.15) is 5.56 Å². The van der Waals surface area contributed by atoms with Crippen molar-refractivity contribution in [3.8, 4) is 16.9 Å². The van der Waals surface area contributed by atoms with Crippen LogP contribution in [0.25, 0.3) is 16.8 Å². The Hall–Kier alpha value is -5.45. The fraction of sp³-hybridized carbons (Fsp3) is 0.103. The van der Waals surface area contributed by atoms with Crippen LogP contribution in [0.15, 0.2) is 85.1 Å². The van der Waals surface area contributed by atoms with E-state index in [9.17, 15) is 19.1 Å². The number of benzene rings is 3. The van der Waals surface area contributed by atoms with Crippen molar-refractivity contribution in [3.63, 3.8) is 0 Å². The highest BCUT2D eigenvalue weighted by atomic mass is 19.1. The number of ether oxygens (including phenoxy) is 1. The van der Waals surface area contributed by atoms with Crippen molar-refractivity contribution in [1.29, 1.82) is 0 Å². The lowest BCUT2D eigenvalue weighted by Crippen LogP contribution is -2.23. The van der Waals surface area contributed by atoms with Gasteiger partial charge in [-0.3, -0.25) is 9.69 Å². The van der Waals surface area contributed by atoms with Gasteiger partial charge in [-0.1, -0.05) is 24.3 Å². The minimum absolute atomic E-state index is 0.0541. The smallest absolute Gasteiger partial charge is 0.414 e. The third-order valence-electron chi connectivity index (χ3n) is 6.41. The van der Waals surface area contributed by atoms with E-state index < -0.39 is 6.09 Å². The number of carbonyl (C=O) groups excluding carboxylic acids is 2. The van der Waals surface area contributed by atoms with E-state index in [0.29, 0.717) is 41.8 Å². The molecular weight excluding hydrogens is 515 g/mol. The zero-order valence-electron chi connectivity index (χ0n) is 21.0. The SMILES string of the molecule is O=C(Cc1ccc(F)cc1)Nc1ccc(-c2ccc3nc(Nc4ccc(N5CCOC5=O)cc4O)nn3c2)cc1. The van der Waals surface area contributed by atoms with Gasteiger partial charge in [-0.15, -0.1) is 5.10 Å². The van der Waals surface area contributed by atoms with E-state index in [1.807, 2.05) is 42.6 Å². The number of carbonyl (C=O) groups is 2. The lowest BCUT2D eigenvalue weighted by atomic mass is 10.1. The lowest BCUT2D eigenvalue weighted by molar-refractivity contribution is -0.115. The summed E-state index contributed by atoms with van der Waals surface area (Å²) in [4.78, 5) is 30.0. The van der Waals surface area contributed by atoms with Gasteiger partial charge in [-0.2, -0.15) is 4.98 Å². The molecule has 11 heteroatoms. The maximum absolute atomic E-state index is 13.1. The van der Waals surface area contributed by atoms with Gasteiger partial charge in [0.15, 0.2) is 5.65 Å². The Morgan fingerprint density at radius 3 is 2.50 bits per heavy atom. The van der Waals surface area contributed by atoms with Crippen molar-refractivity contribution >= 4 is 40.7 Å². The first kappa shape index (κ1) is 24.9. The zero-order valence-corrected chi connectivity index (χ0v) is 21.0. The normalized spacial score (nSPS) is 12.9. The third kappa shape index (κ3) is 5.25. The molecule has 5 aromatic rings. The number of pyridine rings is 1. The fourth-order valence-electron chi connectivity index (χ4n) is 4.39. The molecular formula is C29H23FN6O4. The molecule has 1 fully saturated rings. The summed E-state index contributed by atoms with van der Waals surface area (Å²) < 4.78 is 19.6. The van der Waals surface area contributed by atoms with Crippen LogP contribution in [-0.2, 0) is 16.0 Å². The Kier molecular flexibility index (Phi) is 6.44. The number of cyclic esters (lactones) is 1. The summed E-state index contributed by atoms with van der Waals surface area (Å²) in [5, 5.41) is 20.8. The molecule has 3 N–H and O–H groups in total. The van der Waals surface area contributed by atoms with Crippen molar-refractivity contribution in [2.75, 3.05) is 28.7 Å². The third-order valence-corrected chi connectivity index (χ3v) is 6.41. The maximum Gasteiger partial charge on any atom is 0.414 e. The van der Waals surface area contributed by atoms with Crippen molar-refractivity contribution in [1.82, 2.24) is 14.6 Å². The van der Waals surface area contributed by atoms with Gasteiger partial charge >= 0.3 is 6.09 Å². The molecule has 1 aliphatic heterocycles. The summed E-state index contributed by atoms with van der Waals surface area (Å²) in [7, 11) is 0. The lowest BCUT2D eigenvalue weighted by Gasteiger charge is -2.14. The zero-order chi connectivity index (χ0) is 27.6. The van der Waals surface area contributed by atoms with Crippen molar-refractivity contribution in [2.45, 2.75) is 6.42 Å². The van der Waals surface area contributed by atoms with Gasteiger partial charge in [0.2, 0.25) is 11.9 Å². The molecule has 0 aliphatic carbocycles. The monoisotopic (exact) mass is 538 g/mol. The molecule has 40 heavy (non-hydrogen) atoms. The Morgan fingerprint density at radius 1 is 1.00 bits per heavy atom. The van der Waals surface area contributed by atoms with E-state index >= 15 is 0 Å². The molecule has 0 bridgehead atoms. The molecule has 10 nitrogen and oxygen atoms in total. The molecule has 2 amide bonds. The van der Waals surface area contributed by atoms with Gasteiger partial charge in [-0.25, -0.2) is 13.7 Å². The predicted octanol–water partition coefficient (Wildman–Crippen LogP) is 5.12. The molecule has 2 aromatic heterocycles. The number of aromatic nitrogens is 3. The number of phenols is 1. The van der Waals surface area contributed by atoms with E-state index in [-0.39, 0.29) is 23.9 Å². The molecule has 0 spiro atoms. The van der Waals surface area contributed by atoms with Crippen LogP contribution in [0.2, 0.25) is 0 Å². The van der Waals surface area contributed by atoms with E-state index in [1.54, 1.807) is 28.8 Å². The standard InChI is InChI=1S/C29H23FN6O4/c30-21-6-1-18(2-7-21)15-27(38)31-22-8-3-19(4-9-22)20-5-12-26-33-28(34-36(26)17-20)32-24-11-10-23(16-25(24)37)35-13-14-40-29(35)39/h1-12,16-17,37H,13-15H2,(H,31,38)(H,32,34). The van der Waals surface area contributed by atoms with Crippen molar-refractivity contribution in [2.24, 2.45) is 0 Å². The number of nitrogens with one attached hydrogen (secondary N) is 2. The Balaban J connectivity index is 1.13. The number of fused-ring (bicyclic) bond motifs is 1. The molecule has 200 valence electrons. The first-order chi connectivity index (χ1) is 19.4.